The summed E-state index contributed by atoms with van der Waals surface area (Å²) in [7, 11) is 0. The molecule has 6 heteroatoms. The summed E-state index contributed by atoms with van der Waals surface area (Å²) in [6.45, 7) is 0. The molecule has 0 atom stereocenters. The molecule has 3 nitrogen and oxygen atoms in total. The molecule has 2 aromatic carbocycles. The molecule has 2 rings (SSSR count). The number of benzene rings is 2. The van der Waals surface area contributed by atoms with Gasteiger partial charge in [-0.2, -0.15) is 13.2 Å². The van der Waals surface area contributed by atoms with Crippen molar-refractivity contribution in [2.45, 2.75) is 6.18 Å². The van der Waals surface area contributed by atoms with Crippen LogP contribution < -0.4 is 11.3 Å². The first-order valence-corrected chi connectivity index (χ1v) is 5.71. The summed E-state index contributed by atoms with van der Waals surface area (Å²) >= 11 is 0. The standard InChI is InChI=1S/C14H11F3N2O/c15-14(16,17)10-6-7-11(9-4-2-1-3-5-9)12(8-10)13(20)19-18/h1-8H,18H2,(H,19,20). The predicted octanol–water partition coefficient (Wildman–Crippen LogP) is 2.98. The van der Waals surface area contributed by atoms with Crippen LogP contribution >= 0.6 is 0 Å². The molecule has 0 radical (unpaired) electrons. The Labute approximate surface area is 113 Å². The van der Waals surface area contributed by atoms with Gasteiger partial charge in [-0.3, -0.25) is 10.2 Å². The van der Waals surface area contributed by atoms with E-state index in [1.54, 1.807) is 30.3 Å². The molecule has 0 bridgehead atoms. The SMILES string of the molecule is NNC(=O)c1cc(C(F)(F)F)ccc1-c1ccccc1. The maximum atomic E-state index is 12.7. The van der Waals surface area contributed by atoms with Crippen molar-refractivity contribution < 1.29 is 18.0 Å². The summed E-state index contributed by atoms with van der Waals surface area (Å²) in [4.78, 5) is 11.7. The number of carbonyl (C=O) groups is 1. The van der Waals surface area contributed by atoms with Crippen molar-refractivity contribution in [3.8, 4) is 11.1 Å². The van der Waals surface area contributed by atoms with Crippen LogP contribution in [0.4, 0.5) is 13.2 Å². The van der Waals surface area contributed by atoms with Crippen LogP contribution in [0.3, 0.4) is 0 Å². The molecule has 0 aromatic heterocycles. The van der Waals surface area contributed by atoms with Crippen LogP contribution in [0.15, 0.2) is 48.5 Å². The first kappa shape index (κ1) is 14.1. The highest BCUT2D eigenvalue weighted by atomic mass is 19.4. The van der Waals surface area contributed by atoms with Gasteiger partial charge >= 0.3 is 6.18 Å². The highest BCUT2D eigenvalue weighted by Gasteiger charge is 2.31. The number of nitrogens with one attached hydrogen (secondary N) is 1. The molecular weight excluding hydrogens is 269 g/mol. The lowest BCUT2D eigenvalue weighted by Gasteiger charge is -2.12. The second-order valence-corrected chi connectivity index (χ2v) is 4.10. The molecule has 0 fully saturated rings. The average molecular weight is 280 g/mol. The molecule has 0 aliphatic rings. The van der Waals surface area contributed by atoms with Crippen LogP contribution in [0.25, 0.3) is 11.1 Å². The number of carbonyl (C=O) groups excluding carboxylic acids is 1. The third kappa shape index (κ3) is 2.80. The van der Waals surface area contributed by atoms with Gasteiger partial charge in [-0.05, 0) is 23.3 Å². The normalized spacial score (nSPS) is 11.2. The van der Waals surface area contributed by atoms with Crippen LogP contribution in [0.5, 0.6) is 0 Å². The van der Waals surface area contributed by atoms with Crippen LogP contribution in [0, 0.1) is 0 Å². The van der Waals surface area contributed by atoms with Gasteiger partial charge in [-0.25, -0.2) is 5.84 Å². The highest BCUT2D eigenvalue weighted by Crippen LogP contribution is 2.33. The van der Waals surface area contributed by atoms with Crippen LogP contribution in [0.2, 0.25) is 0 Å². The smallest absolute Gasteiger partial charge is 0.290 e. The fourth-order valence-corrected chi connectivity index (χ4v) is 1.86. The van der Waals surface area contributed by atoms with Gasteiger partial charge in [0.15, 0.2) is 0 Å². The fourth-order valence-electron chi connectivity index (χ4n) is 1.86. The number of hydrogen-bond donors (Lipinski definition) is 2. The molecule has 0 heterocycles. The lowest BCUT2D eigenvalue weighted by Crippen LogP contribution is -2.30. The van der Waals surface area contributed by atoms with Crippen molar-refractivity contribution in [1.29, 1.82) is 0 Å². The summed E-state index contributed by atoms with van der Waals surface area (Å²) in [6, 6.07) is 11.7. The van der Waals surface area contributed by atoms with Crippen molar-refractivity contribution in [1.82, 2.24) is 5.43 Å². The molecule has 3 N–H and O–H groups in total. The van der Waals surface area contributed by atoms with Gasteiger partial charge in [-0.15, -0.1) is 0 Å². The van der Waals surface area contributed by atoms with Crippen LogP contribution in [0.1, 0.15) is 15.9 Å². The van der Waals surface area contributed by atoms with Crippen LogP contribution in [-0.4, -0.2) is 5.91 Å². The Bertz CT molecular complexity index is 624. The van der Waals surface area contributed by atoms with E-state index in [2.05, 4.69) is 0 Å². The van der Waals surface area contributed by atoms with Gasteiger partial charge in [0.2, 0.25) is 0 Å². The minimum atomic E-state index is -4.52. The zero-order valence-electron chi connectivity index (χ0n) is 10.2. The predicted molar refractivity (Wildman–Crippen MR) is 68.5 cm³/mol. The largest absolute Gasteiger partial charge is 0.416 e. The minimum absolute atomic E-state index is 0.117. The lowest BCUT2D eigenvalue weighted by atomic mass is 9.97. The van der Waals surface area contributed by atoms with Crippen LogP contribution in [-0.2, 0) is 6.18 Å². The van der Waals surface area contributed by atoms with Gasteiger partial charge in [0.25, 0.3) is 5.91 Å². The number of nitrogens with two attached hydrogens (primary N) is 1. The Balaban J connectivity index is 2.61. The summed E-state index contributed by atoms with van der Waals surface area (Å²) in [5, 5.41) is 0. The summed E-state index contributed by atoms with van der Waals surface area (Å²) in [5.74, 6) is 4.26. The fraction of sp³-hybridized carbons (Fsp3) is 0.0714. The average Bonchev–Trinajstić information content (AvgIpc) is 2.45. The first-order chi connectivity index (χ1) is 9.43. The summed E-state index contributed by atoms with van der Waals surface area (Å²) in [5.41, 5.74) is 1.88. The molecular formula is C14H11F3N2O. The Hall–Kier alpha value is -2.34. The zero-order chi connectivity index (χ0) is 14.8. The van der Waals surface area contributed by atoms with E-state index >= 15 is 0 Å². The van der Waals surface area contributed by atoms with E-state index in [9.17, 15) is 18.0 Å². The molecule has 0 saturated heterocycles. The van der Waals surface area contributed by atoms with Crippen molar-refractivity contribution in [2.75, 3.05) is 0 Å². The molecule has 0 aliphatic carbocycles. The quantitative estimate of drug-likeness (QED) is 0.505. The third-order valence-electron chi connectivity index (χ3n) is 2.81. The molecule has 1 amide bonds. The van der Waals surface area contributed by atoms with E-state index < -0.39 is 17.6 Å². The maximum Gasteiger partial charge on any atom is 0.416 e. The van der Waals surface area contributed by atoms with Crippen molar-refractivity contribution in [2.24, 2.45) is 5.84 Å². The molecule has 0 saturated carbocycles. The van der Waals surface area contributed by atoms with E-state index in [4.69, 9.17) is 5.84 Å². The summed E-state index contributed by atoms with van der Waals surface area (Å²) in [6.07, 6.45) is -4.52. The Morgan fingerprint density at radius 3 is 2.25 bits per heavy atom. The van der Waals surface area contributed by atoms with Gasteiger partial charge in [-0.1, -0.05) is 36.4 Å². The number of nitrogen functional groups attached to an aromatic ring is 1. The van der Waals surface area contributed by atoms with Gasteiger partial charge in [0, 0.05) is 5.56 Å². The molecule has 0 unspecified atom stereocenters. The summed E-state index contributed by atoms with van der Waals surface area (Å²) < 4.78 is 38.1. The van der Waals surface area contributed by atoms with Crippen molar-refractivity contribution >= 4 is 5.91 Å². The third-order valence-corrected chi connectivity index (χ3v) is 2.81. The molecule has 104 valence electrons. The topological polar surface area (TPSA) is 55.1 Å². The number of amides is 1. The van der Waals surface area contributed by atoms with Crippen molar-refractivity contribution in [3.63, 3.8) is 0 Å². The van der Waals surface area contributed by atoms with Gasteiger partial charge in [0.1, 0.15) is 0 Å². The monoisotopic (exact) mass is 280 g/mol. The molecule has 2 aromatic rings. The van der Waals surface area contributed by atoms with Gasteiger partial charge in [0.05, 0.1) is 5.56 Å². The number of hydrazine groups is 1. The van der Waals surface area contributed by atoms with E-state index in [1.807, 2.05) is 5.43 Å². The Morgan fingerprint density at radius 2 is 1.70 bits per heavy atom. The molecule has 0 spiro atoms. The zero-order valence-corrected chi connectivity index (χ0v) is 10.2. The Kier molecular flexibility index (Phi) is 3.76. The highest BCUT2D eigenvalue weighted by molar-refractivity contribution is 6.00. The maximum absolute atomic E-state index is 12.7. The van der Waals surface area contributed by atoms with Crippen molar-refractivity contribution in [3.05, 3.63) is 59.7 Å². The number of rotatable bonds is 2. The number of alkyl halides is 3. The number of hydrogen-bond acceptors (Lipinski definition) is 2. The molecule has 0 aliphatic heterocycles. The number of halogens is 3. The minimum Gasteiger partial charge on any atom is -0.290 e. The van der Waals surface area contributed by atoms with E-state index in [1.165, 1.54) is 6.07 Å². The second kappa shape index (κ2) is 5.34. The van der Waals surface area contributed by atoms with E-state index in [0.29, 0.717) is 11.1 Å². The Morgan fingerprint density at radius 1 is 1.05 bits per heavy atom. The second-order valence-electron chi connectivity index (χ2n) is 4.10. The van der Waals surface area contributed by atoms with E-state index in [-0.39, 0.29) is 5.56 Å². The lowest BCUT2D eigenvalue weighted by molar-refractivity contribution is -0.137. The first-order valence-electron chi connectivity index (χ1n) is 5.71. The van der Waals surface area contributed by atoms with Gasteiger partial charge < -0.3 is 0 Å². The molecule has 20 heavy (non-hydrogen) atoms. The van der Waals surface area contributed by atoms with E-state index in [0.717, 1.165) is 12.1 Å².